The molecule has 7 nitrogen and oxygen atoms in total. The van der Waals surface area contributed by atoms with Crippen molar-refractivity contribution < 1.29 is 9.32 Å². The third-order valence-electron chi connectivity index (χ3n) is 3.97. The molecule has 1 aromatic carbocycles. The molecule has 0 bridgehead atoms. The molecule has 2 amide bonds. The van der Waals surface area contributed by atoms with E-state index in [1.165, 1.54) is 4.90 Å². The van der Waals surface area contributed by atoms with Crippen molar-refractivity contribution in [3.05, 3.63) is 64.9 Å². The average molecular weight is 410 g/mol. The molecule has 0 saturated carbocycles. The number of anilines is 2. The Bertz CT molecular complexity index is 1070. The number of nitrogens with one attached hydrogen (secondary N) is 1. The maximum absolute atomic E-state index is 12.6. The van der Waals surface area contributed by atoms with E-state index in [0.717, 1.165) is 5.56 Å². The second-order valence-corrected chi connectivity index (χ2v) is 7.70. The van der Waals surface area contributed by atoms with Crippen LogP contribution in [-0.4, -0.2) is 28.2 Å². The van der Waals surface area contributed by atoms with E-state index >= 15 is 0 Å². The van der Waals surface area contributed by atoms with E-state index in [1.807, 2.05) is 32.9 Å². The molecule has 3 aromatic rings. The molecule has 0 saturated heterocycles. The molecule has 29 heavy (non-hydrogen) atoms. The van der Waals surface area contributed by atoms with Gasteiger partial charge in [0.25, 0.3) is 0 Å². The van der Waals surface area contributed by atoms with Gasteiger partial charge in [-0.25, -0.2) is 14.8 Å². The summed E-state index contributed by atoms with van der Waals surface area (Å²) in [4.78, 5) is 21.7. The summed E-state index contributed by atoms with van der Waals surface area (Å²) in [5, 5.41) is 6.98. The van der Waals surface area contributed by atoms with Gasteiger partial charge in [0.1, 0.15) is 5.76 Å². The van der Waals surface area contributed by atoms with Crippen LogP contribution >= 0.6 is 11.6 Å². The summed E-state index contributed by atoms with van der Waals surface area (Å²) in [6.07, 6.45) is 3.10. The van der Waals surface area contributed by atoms with Gasteiger partial charge in [-0.2, -0.15) is 0 Å². The minimum atomic E-state index is -0.338. The predicted molar refractivity (Wildman–Crippen MR) is 112 cm³/mol. The summed E-state index contributed by atoms with van der Waals surface area (Å²) in [6, 6.07) is 8.64. The summed E-state index contributed by atoms with van der Waals surface area (Å²) >= 11 is 5.67. The fraction of sp³-hybridized carbons (Fsp3) is 0.238. The van der Waals surface area contributed by atoms with E-state index in [0.29, 0.717) is 22.8 Å². The summed E-state index contributed by atoms with van der Waals surface area (Å²) in [5.41, 5.74) is 1.80. The molecule has 3 rings (SSSR count). The van der Waals surface area contributed by atoms with E-state index in [-0.39, 0.29) is 16.7 Å². The van der Waals surface area contributed by atoms with Crippen LogP contribution in [0.2, 0.25) is 5.28 Å². The van der Waals surface area contributed by atoms with Crippen molar-refractivity contribution in [1.29, 1.82) is 0 Å². The number of benzene rings is 1. The minimum absolute atomic E-state index is 0.172. The molecule has 0 aliphatic heterocycles. The van der Waals surface area contributed by atoms with E-state index in [4.69, 9.17) is 16.1 Å². The summed E-state index contributed by atoms with van der Waals surface area (Å²) in [7, 11) is 1.63. The first-order valence-electron chi connectivity index (χ1n) is 8.84. The third-order valence-corrected chi connectivity index (χ3v) is 4.17. The van der Waals surface area contributed by atoms with Crippen molar-refractivity contribution in [2.24, 2.45) is 0 Å². The van der Waals surface area contributed by atoms with Crippen LogP contribution < -0.4 is 10.2 Å². The van der Waals surface area contributed by atoms with Crippen molar-refractivity contribution in [1.82, 2.24) is 15.1 Å². The molecule has 148 valence electrons. The van der Waals surface area contributed by atoms with E-state index < -0.39 is 0 Å². The first kappa shape index (κ1) is 20.4. The van der Waals surface area contributed by atoms with Crippen LogP contribution in [-0.2, 0) is 5.41 Å². The zero-order valence-electron chi connectivity index (χ0n) is 16.5. The van der Waals surface area contributed by atoms with Crippen LogP contribution in [0.25, 0.3) is 0 Å². The van der Waals surface area contributed by atoms with E-state index in [9.17, 15) is 4.79 Å². The fourth-order valence-electron chi connectivity index (χ4n) is 2.28. The molecule has 0 atom stereocenters. The number of nitrogens with zero attached hydrogens (tertiary/aromatic N) is 4. The molecule has 0 aliphatic rings. The number of hydrogen-bond donors (Lipinski definition) is 1. The summed E-state index contributed by atoms with van der Waals surface area (Å²) in [6.45, 7) is 6.04. The van der Waals surface area contributed by atoms with Crippen molar-refractivity contribution in [3.8, 4) is 11.8 Å². The fourth-order valence-corrected chi connectivity index (χ4v) is 2.38. The smallest absolute Gasteiger partial charge is 0.327 e. The van der Waals surface area contributed by atoms with Gasteiger partial charge < -0.3 is 9.84 Å². The summed E-state index contributed by atoms with van der Waals surface area (Å²) < 4.78 is 5.34. The molecule has 0 aliphatic carbocycles. The van der Waals surface area contributed by atoms with Gasteiger partial charge in [-0.15, -0.1) is 0 Å². The molecule has 0 unspecified atom stereocenters. The number of halogens is 1. The normalized spacial score (nSPS) is 10.8. The standard InChI is InChI=1S/C21H20ClN5O2/c1-21(2,3)17-11-18(26-29-17)27(4)20(28)25-16-7-5-6-14(10-16)8-9-15-12-23-19(22)24-13-15/h5-7,10-13H,1-4H3,(H,25,28). The quantitative estimate of drug-likeness (QED) is 0.498. The Morgan fingerprint density at radius 2 is 1.83 bits per heavy atom. The lowest BCUT2D eigenvalue weighted by Gasteiger charge is -2.15. The first-order valence-corrected chi connectivity index (χ1v) is 9.22. The van der Waals surface area contributed by atoms with Gasteiger partial charge in [-0.1, -0.05) is 43.8 Å². The van der Waals surface area contributed by atoms with Gasteiger partial charge in [0.15, 0.2) is 5.82 Å². The number of carbonyl (C=O) groups is 1. The molecule has 8 heteroatoms. The second kappa shape index (κ2) is 8.33. The number of aromatic nitrogens is 3. The monoisotopic (exact) mass is 409 g/mol. The molecule has 2 heterocycles. The molecule has 0 spiro atoms. The zero-order valence-corrected chi connectivity index (χ0v) is 17.3. The lowest BCUT2D eigenvalue weighted by atomic mass is 9.93. The van der Waals surface area contributed by atoms with Crippen LogP contribution in [0.4, 0.5) is 16.3 Å². The predicted octanol–water partition coefficient (Wildman–Crippen LogP) is 4.48. The highest BCUT2D eigenvalue weighted by atomic mass is 35.5. The van der Waals surface area contributed by atoms with Crippen LogP contribution in [0.5, 0.6) is 0 Å². The zero-order chi connectivity index (χ0) is 21.0. The van der Waals surface area contributed by atoms with Crippen LogP contribution in [0.3, 0.4) is 0 Å². The Hall–Kier alpha value is -3.37. The Morgan fingerprint density at radius 1 is 1.14 bits per heavy atom. The topological polar surface area (TPSA) is 84.2 Å². The van der Waals surface area contributed by atoms with Crippen LogP contribution in [0.1, 0.15) is 37.7 Å². The van der Waals surface area contributed by atoms with Crippen LogP contribution in [0, 0.1) is 11.8 Å². The number of carbonyl (C=O) groups excluding carboxylic acids is 1. The average Bonchev–Trinajstić information content (AvgIpc) is 3.18. The Balaban J connectivity index is 1.70. The van der Waals surface area contributed by atoms with Gasteiger partial charge in [-0.05, 0) is 29.8 Å². The van der Waals surface area contributed by atoms with Crippen molar-refractivity contribution >= 4 is 29.1 Å². The van der Waals surface area contributed by atoms with Gasteiger partial charge in [0, 0.05) is 42.2 Å². The van der Waals surface area contributed by atoms with Crippen molar-refractivity contribution in [3.63, 3.8) is 0 Å². The Labute approximate surface area is 174 Å². The SMILES string of the molecule is CN(C(=O)Nc1cccc(C#Cc2cnc(Cl)nc2)c1)c1cc(C(C)(C)C)on1. The maximum atomic E-state index is 12.6. The molecule has 0 fully saturated rings. The molecule has 0 radical (unpaired) electrons. The van der Waals surface area contributed by atoms with Crippen molar-refractivity contribution in [2.75, 3.05) is 17.3 Å². The van der Waals surface area contributed by atoms with E-state index in [2.05, 4.69) is 32.3 Å². The van der Waals surface area contributed by atoms with Gasteiger partial charge >= 0.3 is 6.03 Å². The first-order chi connectivity index (χ1) is 13.7. The second-order valence-electron chi connectivity index (χ2n) is 7.36. The number of amides is 2. The minimum Gasteiger partial charge on any atom is -0.359 e. The van der Waals surface area contributed by atoms with Gasteiger partial charge in [0.2, 0.25) is 5.28 Å². The highest BCUT2D eigenvalue weighted by Crippen LogP contribution is 2.26. The largest absolute Gasteiger partial charge is 0.359 e. The molecule has 1 N–H and O–H groups in total. The van der Waals surface area contributed by atoms with Gasteiger partial charge in [-0.3, -0.25) is 4.90 Å². The Morgan fingerprint density at radius 3 is 2.48 bits per heavy atom. The lowest BCUT2D eigenvalue weighted by Crippen LogP contribution is -2.31. The Kier molecular flexibility index (Phi) is 5.85. The lowest BCUT2D eigenvalue weighted by molar-refractivity contribution is 0.257. The summed E-state index contributed by atoms with van der Waals surface area (Å²) in [5.74, 6) is 7.11. The van der Waals surface area contributed by atoms with Gasteiger partial charge in [0.05, 0.1) is 5.56 Å². The van der Waals surface area contributed by atoms with E-state index in [1.54, 1.807) is 37.6 Å². The molecule has 2 aromatic heterocycles. The number of rotatable bonds is 2. The number of urea groups is 1. The highest BCUT2D eigenvalue weighted by molar-refractivity contribution is 6.28. The number of hydrogen-bond acceptors (Lipinski definition) is 5. The maximum Gasteiger partial charge on any atom is 0.327 e. The third kappa shape index (κ3) is 5.33. The van der Waals surface area contributed by atoms with Crippen molar-refractivity contribution in [2.45, 2.75) is 26.2 Å². The van der Waals surface area contributed by atoms with Crippen LogP contribution in [0.15, 0.2) is 47.2 Å². The highest BCUT2D eigenvalue weighted by Gasteiger charge is 2.22. The molecular formula is C21H20ClN5O2. The molecular weight excluding hydrogens is 390 g/mol.